The van der Waals surface area contributed by atoms with Gasteiger partial charge in [0.1, 0.15) is 0 Å². The minimum absolute atomic E-state index is 0.108. The average Bonchev–Trinajstić information content (AvgIpc) is 2.56. The first-order chi connectivity index (χ1) is 7.63. The predicted octanol–water partition coefficient (Wildman–Crippen LogP) is 2.57. The van der Waals surface area contributed by atoms with Gasteiger partial charge in [0.2, 0.25) is 11.8 Å². The lowest BCUT2D eigenvalue weighted by Gasteiger charge is -2.14. The Morgan fingerprint density at radius 3 is 2.44 bits per heavy atom. The molecule has 1 unspecified atom stereocenters. The summed E-state index contributed by atoms with van der Waals surface area (Å²) >= 11 is 5.44. The van der Waals surface area contributed by atoms with Crippen LogP contribution < -0.4 is 4.90 Å². The second-order valence-corrected chi connectivity index (χ2v) is 5.49. The van der Waals surface area contributed by atoms with Gasteiger partial charge in [-0.05, 0) is 46.9 Å². The molecule has 0 N–H and O–H groups in total. The number of anilines is 1. The Bertz CT molecular complexity index is 432. The minimum atomic E-state index is -0.216. The van der Waals surface area contributed by atoms with Crippen molar-refractivity contribution in [1.82, 2.24) is 0 Å². The number of hydrogen-bond acceptors (Lipinski definition) is 2. The van der Waals surface area contributed by atoms with E-state index in [0.717, 1.165) is 3.57 Å². The normalized spacial score (nSPS) is 20.6. The van der Waals surface area contributed by atoms with Gasteiger partial charge in [0.15, 0.2) is 0 Å². The quantitative estimate of drug-likeness (QED) is 0.440. The van der Waals surface area contributed by atoms with E-state index in [2.05, 4.69) is 38.5 Å². The van der Waals surface area contributed by atoms with E-state index < -0.39 is 0 Å². The molecule has 0 aliphatic carbocycles. The summed E-state index contributed by atoms with van der Waals surface area (Å²) in [6, 6.07) is 7.37. The Balaban J connectivity index is 2.31. The van der Waals surface area contributed by atoms with Crippen molar-refractivity contribution in [3.63, 3.8) is 0 Å². The Morgan fingerprint density at radius 2 is 1.94 bits per heavy atom. The Kier molecular flexibility index (Phi) is 3.63. The van der Waals surface area contributed by atoms with Gasteiger partial charge in [0, 0.05) is 15.3 Å². The molecule has 0 radical (unpaired) electrons. The molecule has 3 nitrogen and oxygen atoms in total. The van der Waals surface area contributed by atoms with Gasteiger partial charge in [-0.25, -0.2) is 0 Å². The zero-order chi connectivity index (χ0) is 11.7. The van der Waals surface area contributed by atoms with Crippen molar-refractivity contribution in [3.05, 3.63) is 27.8 Å². The molecule has 5 heteroatoms. The zero-order valence-electron chi connectivity index (χ0n) is 8.32. The molecule has 2 rings (SSSR count). The van der Waals surface area contributed by atoms with Crippen LogP contribution in [0.3, 0.4) is 0 Å². The molecule has 0 saturated carbocycles. The van der Waals surface area contributed by atoms with Crippen molar-refractivity contribution in [3.8, 4) is 0 Å². The van der Waals surface area contributed by atoms with Gasteiger partial charge < -0.3 is 0 Å². The summed E-state index contributed by atoms with van der Waals surface area (Å²) in [7, 11) is 0. The van der Waals surface area contributed by atoms with E-state index in [1.807, 2.05) is 12.1 Å². The van der Waals surface area contributed by atoms with Gasteiger partial charge >= 0.3 is 0 Å². The number of halogens is 2. The number of alkyl halides is 1. The van der Waals surface area contributed by atoms with Crippen LogP contribution in [-0.4, -0.2) is 17.1 Å². The highest BCUT2D eigenvalue weighted by Crippen LogP contribution is 2.27. The highest BCUT2D eigenvalue weighted by atomic mass is 127. The van der Waals surface area contributed by atoms with E-state index in [4.69, 9.17) is 0 Å². The van der Waals surface area contributed by atoms with Gasteiger partial charge in [-0.15, -0.1) is 0 Å². The van der Waals surface area contributed by atoms with Crippen LogP contribution >= 0.6 is 38.5 Å². The predicted molar refractivity (Wildman–Crippen MR) is 73.6 cm³/mol. The smallest absolute Gasteiger partial charge is 0.238 e. The van der Waals surface area contributed by atoms with Crippen molar-refractivity contribution in [2.45, 2.75) is 6.42 Å². The molecular formula is C11H9BrINO2. The summed E-state index contributed by atoms with van der Waals surface area (Å²) in [5, 5.41) is 0.540. The van der Waals surface area contributed by atoms with Crippen LogP contribution in [0.5, 0.6) is 0 Å². The van der Waals surface area contributed by atoms with Gasteiger partial charge in [0.05, 0.1) is 11.6 Å². The van der Waals surface area contributed by atoms with Gasteiger partial charge in [0.25, 0.3) is 0 Å². The number of hydrogen-bond donors (Lipinski definition) is 0. The lowest BCUT2D eigenvalue weighted by Crippen LogP contribution is -2.30. The first-order valence-corrected chi connectivity index (χ1v) is 7.02. The van der Waals surface area contributed by atoms with Crippen molar-refractivity contribution < 1.29 is 9.59 Å². The number of nitrogens with zero attached hydrogens (tertiary/aromatic N) is 1. The minimum Gasteiger partial charge on any atom is -0.274 e. The SMILES string of the molecule is O=C1CC(CBr)C(=O)N1c1ccc(I)cc1. The number of carbonyl (C=O) groups excluding carboxylic acids is 2. The fourth-order valence-electron chi connectivity index (χ4n) is 1.68. The van der Waals surface area contributed by atoms with Crippen LogP contribution in [0, 0.1) is 9.49 Å². The third-order valence-electron chi connectivity index (χ3n) is 2.51. The largest absolute Gasteiger partial charge is 0.274 e. The summed E-state index contributed by atoms with van der Waals surface area (Å²) in [5.74, 6) is -0.439. The summed E-state index contributed by atoms with van der Waals surface area (Å²) in [6.07, 6.45) is 0.302. The fraction of sp³-hybridized carbons (Fsp3) is 0.273. The van der Waals surface area contributed by atoms with Gasteiger partial charge in [-0.2, -0.15) is 0 Å². The van der Waals surface area contributed by atoms with Gasteiger partial charge in [-0.3, -0.25) is 14.5 Å². The molecule has 1 fully saturated rings. The van der Waals surface area contributed by atoms with Crippen LogP contribution in [0.2, 0.25) is 0 Å². The van der Waals surface area contributed by atoms with Crippen LogP contribution in [0.25, 0.3) is 0 Å². The van der Waals surface area contributed by atoms with Crippen molar-refractivity contribution in [1.29, 1.82) is 0 Å². The summed E-state index contributed by atoms with van der Waals surface area (Å²) < 4.78 is 1.08. The molecule has 2 amide bonds. The maximum Gasteiger partial charge on any atom is 0.238 e. The van der Waals surface area contributed by atoms with E-state index in [1.165, 1.54) is 4.90 Å². The van der Waals surface area contributed by atoms with E-state index in [0.29, 0.717) is 17.4 Å². The first kappa shape index (κ1) is 12.0. The monoisotopic (exact) mass is 393 g/mol. The Hall–Kier alpha value is -0.430. The zero-order valence-corrected chi connectivity index (χ0v) is 12.1. The summed E-state index contributed by atoms with van der Waals surface area (Å²) in [4.78, 5) is 24.9. The Morgan fingerprint density at radius 1 is 1.31 bits per heavy atom. The molecule has 0 aromatic heterocycles. The number of rotatable bonds is 2. The Labute approximate surface area is 115 Å². The molecule has 1 aliphatic rings. The molecule has 84 valence electrons. The number of carbonyl (C=O) groups is 2. The molecule has 16 heavy (non-hydrogen) atoms. The number of imide groups is 1. The highest BCUT2D eigenvalue weighted by molar-refractivity contribution is 14.1. The molecule has 0 bridgehead atoms. The molecule has 0 spiro atoms. The van der Waals surface area contributed by atoms with Gasteiger partial charge in [-0.1, -0.05) is 15.9 Å². The second kappa shape index (κ2) is 4.83. The number of amides is 2. The van der Waals surface area contributed by atoms with E-state index >= 15 is 0 Å². The lowest BCUT2D eigenvalue weighted by atomic mass is 10.1. The van der Waals surface area contributed by atoms with E-state index in [9.17, 15) is 9.59 Å². The topological polar surface area (TPSA) is 37.4 Å². The van der Waals surface area contributed by atoms with Crippen LogP contribution in [0.15, 0.2) is 24.3 Å². The molecule has 1 aromatic rings. The third kappa shape index (κ3) is 2.15. The van der Waals surface area contributed by atoms with Crippen molar-refractivity contribution >= 4 is 56.0 Å². The maximum atomic E-state index is 11.9. The van der Waals surface area contributed by atoms with E-state index in [-0.39, 0.29) is 17.7 Å². The van der Waals surface area contributed by atoms with Crippen molar-refractivity contribution in [2.75, 3.05) is 10.2 Å². The van der Waals surface area contributed by atoms with E-state index in [1.54, 1.807) is 12.1 Å². The average molecular weight is 394 g/mol. The molecule has 1 saturated heterocycles. The maximum absolute atomic E-state index is 11.9. The van der Waals surface area contributed by atoms with Crippen LogP contribution in [0.4, 0.5) is 5.69 Å². The molecule has 1 aromatic carbocycles. The standard InChI is InChI=1S/C11H9BrINO2/c12-6-7-5-10(15)14(11(7)16)9-3-1-8(13)2-4-9/h1-4,7H,5-6H2. The second-order valence-electron chi connectivity index (χ2n) is 3.60. The third-order valence-corrected chi connectivity index (χ3v) is 4.01. The van der Waals surface area contributed by atoms with Crippen LogP contribution in [0.1, 0.15) is 6.42 Å². The molecular weight excluding hydrogens is 385 g/mol. The summed E-state index contributed by atoms with van der Waals surface area (Å²) in [5.41, 5.74) is 0.666. The lowest BCUT2D eigenvalue weighted by molar-refractivity contribution is -0.122. The fourth-order valence-corrected chi connectivity index (χ4v) is 2.54. The highest BCUT2D eigenvalue weighted by Gasteiger charge is 2.38. The first-order valence-electron chi connectivity index (χ1n) is 4.82. The molecule has 1 heterocycles. The molecule has 1 atom stereocenters. The van der Waals surface area contributed by atoms with Crippen molar-refractivity contribution in [2.24, 2.45) is 5.92 Å². The summed E-state index contributed by atoms with van der Waals surface area (Å²) in [6.45, 7) is 0. The number of benzene rings is 1. The van der Waals surface area contributed by atoms with Crippen LogP contribution in [-0.2, 0) is 9.59 Å². The molecule has 1 aliphatic heterocycles.